The molecule has 0 saturated carbocycles. The standard InChI is InChI=1S/C19H30N4O/c1-20-8-5-6-18(20)19(24)23-11-7-17-15(13-23)12-16(21(17)2)14-22-9-3-4-10-22/h5-6,8,15-17H,3-4,7,9-14H2,1-2H3/t15-,16+,17+/m1/s1. The van der Waals surface area contributed by atoms with E-state index in [1.54, 1.807) is 0 Å². The van der Waals surface area contributed by atoms with Crippen molar-refractivity contribution in [3.63, 3.8) is 0 Å². The number of fused-ring (bicyclic) bond motifs is 1. The number of hydrogen-bond donors (Lipinski definition) is 0. The van der Waals surface area contributed by atoms with Crippen LogP contribution in [0, 0.1) is 5.92 Å². The highest BCUT2D eigenvalue weighted by molar-refractivity contribution is 5.92. The van der Waals surface area contributed by atoms with Crippen LogP contribution in [0.4, 0.5) is 0 Å². The average molecular weight is 330 g/mol. The molecule has 3 aliphatic rings. The summed E-state index contributed by atoms with van der Waals surface area (Å²) in [4.78, 5) is 20.1. The lowest BCUT2D eigenvalue weighted by Crippen LogP contribution is -2.48. The molecule has 24 heavy (non-hydrogen) atoms. The van der Waals surface area contributed by atoms with Crippen LogP contribution in [-0.4, -0.2) is 77.0 Å². The summed E-state index contributed by atoms with van der Waals surface area (Å²) in [7, 11) is 4.26. The summed E-state index contributed by atoms with van der Waals surface area (Å²) in [6.07, 6.45) is 7.04. The molecule has 5 nitrogen and oxygen atoms in total. The van der Waals surface area contributed by atoms with Crippen molar-refractivity contribution >= 4 is 5.91 Å². The van der Waals surface area contributed by atoms with E-state index in [0.29, 0.717) is 18.0 Å². The smallest absolute Gasteiger partial charge is 0.270 e. The van der Waals surface area contributed by atoms with E-state index in [9.17, 15) is 4.79 Å². The number of carbonyl (C=O) groups excluding carboxylic acids is 1. The number of likely N-dealkylation sites (tertiary alicyclic amines) is 3. The van der Waals surface area contributed by atoms with Crippen LogP contribution < -0.4 is 0 Å². The molecular formula is C19H30N4O. The molecule has 0 unspecified atom stereocenters. The second-order valence-corrected chi connectivity index (χ2v) is 7.93. The van der Waals surface area contributed by atoms with E-state index >= 15 is 0 Å². The first-order valence-electron chi connectivity index (χ1n) is 9.48. The van der Waals surface area contributed by atoms with Gasteiger partial charge in [0.05, 0.1) is 0 Å². The van der Waals surface area contributed by atoms with Crippen LogP contribution in [-0.2, 0) is 7.05 Å². The van der Waals surface area contributed by atoms with E-state index in [2.05, 4.69) is 21.7 Å². The first-order valence-corrected chi connectivity index (χ1v) is 9.48. The van der Waals surface area contributed by atoms with Crippen LogP contribution in [0.5, 0.6) is 0 Å². The maximum atomic E-state index is 12.8. The summed E-state index contributed by atoms with van der Waals surface area (Å²) < 4.78 is 1.94. The quantitative estimate of drug-likeness (QED) is 0.845. The number of piperidine rings is 1. The fourth-order valence-electron chi connectivity index (χ4n) is 5.07. The predicted octanol–water partition coefficient (Wildman–Crippen LogP) is 1.66. The molecule has 0 bridgehead atoms. The van der Waals surface area contributed by atoms with E-state index in [1.165, 1.54) is 38.9 Å². The summed E-state index contributed by atoms with van der Waals surface area (Å²) in [5, 5.41) is 0. The molecule has 0 aliphatic carbocycles. The zero-order valence-electron chi connectivity index (χ0n) is 15.0. The highest BCUT2D eigenvalue weighted by Crippen LogP contribution is 2.35. The summed E-state index contributed by atoms with van der Waals surface area (Å²) in [6, 6.07) is 5.22. The minimum Gasteiger partial charge on any atom is -0.347 e. The van der Waals surface area contributed by atoms with E-state index < -0.39 is 0 Å². The molecule has 3 fully saturated rings. The Bertz CT molecular complexity index is 592. The number of hydrogen-bond acceptors (Lipinski definition) is 3. The van der Waals surface area contributed by atoms with Gasteiger partial charge in [-0.1, -0.05) is 0 Å². The second kappa shape index (κ2) is 6.52. The van der Waals surface area contributed by atoms with Crippen LogP contribution in [0.2, 0.25) is 0 Å². The summed E-state index contributed by atoms with van der Waals surface area (Å²) in [6.45, 7) is 5.59. The van der Waals surface area contributed by atoms with Gasteiger partial charge in [-0.3, -0.25) is 9.69 Å². The summed E-state index contributed by atoms with van der Waals surface area (Å²) >= 11 is 0. The van der Waals surface area contributed by atoms with Crippen molar-refractivity contribution in [1.29, 1.82) is 0 Å². The van der Waals surface area contributed by atoms with Crippen molar-refractivity contribution in [2.45, 2.75) is 37.8 Å². The maximum absolute atomic E-state index is 12.8. The molecule has 1 amide bonds. The molecule has 0 radical (unpaired) electrons. The Hall–Kier alpha value is -1.33. The molecular weight excluding hydrogens is 300 g/mol. The Morgan fingerprint density at radius 3 is 2.71 bits per heavy atom. The SMILES string of the molecule is CN1[C@H](CN2CCCC2)C[C@@H]2CN(C(=O)c3cccn3C)CC[C@@H]21. The molecule has 3 aliphatic heterocycles. The third kappa shape index (κ3) is 2.88. The Labute approximate surface area is 145 Å². The number of amides is 1. The largest absolute Gasteiger partial charge is 0.347 e. The van der Waals surface area contributed by atoms with Crippen molar-refractivity contribution < 1.29 is 4.79 Å². The van der Waals surface area contributed by atoms with Gasteiger partial charge in [0.1, 0.15) is 5.69 Å². The zero-order valence-corrected chi connectivity index (χ0v) is 15.0. The van der Waals surface area contributed by atoms with Crippen molar-refractivity contribution in [2.75, 3.05) is 39.8 Å². The summed E-state index contributed by atoms with van der Waals surface area (Å²) in [5.41, 5.74) is 0.813. The van der Waals surface area contributed by atoms with Gasteiger partial charge in [-0.15, -0.1) is 0 Å². The number of rotatable bonds is 3. The van der Waals surface area contributed by atoms with E-state index in [0.717, 1.165) is 25.2 Å². The lowest BCUT2D eigenvalue weighted by Gasteiger charge is -2.37. The molecule has 3 atom stereocenters. The third-order valence-corrected chi connectivity index (χ3v) is 6.49. The average Bonchev–Trinajstić information content (AvgIpc) is 3.29. The highest BCUT2D eigenvalue weighted by atomic mass is 16.2. The van der Waals surface area contributed by atoms with Gasteiger partial charge in [-0.2, -0.15) is 0 Å². The van der Waals surface area contributed by atoms with Gasteiger partial charge in [-0.25, -0.2) is 0 Å². The number of aromatic nitrogens is 1. The number of nitrogens with zero attached hydrogens (tertiary/aromatic N) is 4. The van der Waals surface area contributed by atoms with Gasteiger partial charge >= 0.3 is 0 Å². The topological polar surface area (TPSA) is 31.7 Å². The van der Waals surface area contributed by atoms with Crippen molar-refractivity contribution in [3.05, 3.63) is 24.0 Å². The molecule has 1 aromatic heterocycles. The van der Waals surface area contributed by atoms with Gasteiger partial charge < -0.3 is 14.4 Å². The fraction of sp³-hybridized carbons (Fsp3) is 0.737. The zero-order chi connectivity index (χ0) is 16.7. The molecule has 5 heteroatoms. The van der Waals surface area contributed by atoms with Gasteiger partial charge in [0, 0.05) is 45.0 Å². The van der Waals surface area contributed by atoms with Crippen molar-refractivity contribution in [1.82, 2.24) is 19.3 Å². The molecule has 4 rings (SSSR count). The number of carbonyl (C=O) groups is 1. The van der Waals surface area contributed by atoms with E-state index in [-0.39, 0.29) is 5.91 Å². The lowest BCUT2D eigenvalue weighted by molar-refractivity contribution is 0.0596. The summed E-state index contributed by atoms with van der Waals surface area (Å²) in [5.74, 6) is 0.840. The van der Waals surface area contributed by atoms with E-state index in [1.807, 2.05) is 29.9 Å². The molecule has 0 spiro atoms. The third-order valence-electron chi connectivity index (χ3n) is 6.49. The highest BCUT2D eigenvalue weighted by Gasteiger charge is 2.43. The van der Waals surface area contributed by atoms with Crippen LogP contribution in [0.3, 0.4) is 0 Å². The number of aryl methyl sites for hydroxylation is 1. The molecule has 132 valence electrons. The molecule has 3 saturated heterocycles. The molecule has 0 N–H and O–H groups in total. The second-order valence-electron chi connectivity index (χ2n) is 7.93. The van der Waals surface area contributed by atoms with E-state index in [4.69, 9.17) is 0 Å². The lowest BCUT2D eigenvalue weighted by atomic mass is 9.92. The van der Waals surface area contributed by atoms with Gasteiger partial charge in [-0.05, 0) is 63.9 Å². The first kappa shape index (κ1) is 16.2. The van der Waals surface area contributed by atoms with Crippen LogP contribution in [0.1, 0.15) is 36.2 Å². The van der Waals surface area contributed by atoms with Crippen LogP contribution in [0.15, 0.2) is 18.3 Å². The van der Waals surface area contributed by atoms with Gasteiger partial charge in [0.15, 0.2) is 0 Å². The van der Waals surface area contributed by atoms with Gasteiger partial charge in [0.2, 0.25) is 0 Å². The maximum Gasteiger partial charge on any atom is 0.270 e. The van der Waals surface area contributed by atoms with Crippen LogP contribution in [0.25, 0.3) is 0 Å². The van der Waals surface area contributed by atoms with Crippen molar-refractivity contribution in [2.24, 2.45) is 13.0 Å². The van der Waals surface area contributed by atoms with Gasteiger partial charge in [0.25, 0.3) is 5.91 Å². The predicted molar refractivity (Wildman–Crippen MR) is 95.1 cm³/mol. The Balaban J connectivity index is 1.40. The van der Waals surface area contributed by atoms with Crippen LogP contribution >= 0.6 is 0 Å². The minimum atomic E-state index is 0.201. The monoisotopic (exact) mass is 330 g/mol. The Morgan fingerprint density at radius 2 is 2.00 bits per heavy atom. The van der Waals surface area contributed by atoms with Crippen molar-refractivity contribution in [3.8, 4) is 0 Å². The fourth-order valence-corrected chi connectivity index (χ4v) is 5.07. The molecule has 4 heterocycles. The first-order chi connectivity index (χ1) is 11.6. The minimum absolute atomic E-state index is 0.201. The Kier molecular flexibility index (Phi) is 4.39. The molecule has 1 aromatic rings. The Morgan fingerprint density at radius 1 is 1.21 bits per heavy atom. The number of likely N-dealkylation sites (N-methyl/N-ethyl adjacent to an activating group) is 1. The molecule has 0 aromatic carbocycles. The normalized spacial score (nSPS) is 31.6.